The summed E-state index contributed by atoms with van der Waals surface area (Å²) in [6.45, 7) is 16.8. The maximum absolute atomic E-state index is 12.0. The highest BCUT2D eigenvalue weighted by molar-refractivity contribution is 8.14. The van der Waals surface area contributed by atoms with Crippen LogP contribution in [0.1, 0.15) is 60.8 Å². The lowest BCUT2D eigenvalue weighted by Crippen LogP contribution is -2.63. The van der Waals surface area contributed by atoms with Crippen molar-refractivity contribution in [1.29, 1.82) is 0 Å². The van der Waals surface area contributed by atoms with E-state index in [1.165, 1.54) is 0 Å². The molecule has 0 saturated carbocycles. The molecule has 2 aliphatic heterocycles. The Kier molecular flexibility index (Phi) is 4.32. The molecule has 0 bridgehead atoms. The molecule has 2 heterocycles. The van der Waals surface area contributed by atoms with Gasteiger partial charge in [-0.2, -0.15) is 0 Å². The summed E-state index contributed by atoms with van der Waals surface area (Å²) in [7, 11) is 0. The van der Waals surface area contributed by atoms with Gasteiger partial charge in [0.25, 0.3) is 0 Å². The van der Waals surface area contributed by atoms with Crippen LogP contribution in [0.25, 0.3) is 0 Å². The molecule has 116 valence electrons. The van der Waals surface area contributed by atoms with Crippen LogP contribution in [0.3, 0.4) is 0 Å². The fourth-order valence-corrected chi connectivity index (χ4v) is 5.05. The molecule has 3 nitrogen and oxygen atoms in total. The van der Waals surface area contributed by atoms with Crippen molar-refractivity contribution in [2.24, 2.45) is 0 Å². The van der Waals surface area contributed by atoms with Gasteiger partial charge in [-0.15, -0.1) is 0 Å². The first-order valence-corrected chi connectivity index (χ1v) is 8.61. The number of hydrogen-bond acceptors (Lipinski definition) is 4. The monoisotopic (exact) mass is 298 g/mol. The largest absolute Gasteiger partial charge is 0.298 e. The number of piperidine rings is 1. The first-order valence-electron chi connectivity index (χ1n) is 7.79. The Morgan fingerprint density at radius 2 is 1.50 bits per heavy atom. The van der Waals surface area contributed by atoms with E-state index in [0.717, 1.165) is 32.5 Å². The van der Waals surface area contributed by atoms with Gasteiger partial charge in [-0.05, 0) is 54.4 Å². The van der Waals surface area contributed by atoms with Crippen molar-refractivity contribution >= 4 is 16.9 Å². The number of thioether (sulfide) groups is 1. The molecule has 2 aliphatic rings. The molecular formula is C16H30N2OS. The zero-order valence-electron chi connectivity index (χ0n) is 14.0. The Bertz CT molecular complexity index is 373. The summed E-state index contributed by atoms with van der Waals surface area (Å²) >= 11 is 1.62. The summed E-state index contributed by atoms with van der Waals surface area (Å²) in [5.74, 6) is 0. The highest BCUT2D eigenvalue weighted by Crippen LogP contribution is 2.47. The molecule has 2 saturated heterocycles. The Morgan fingerprint density at radius 3 is 1.95 bits per heavy atom. The van der Waals surface area contributed by atoms with Gasteiger partial charge in [0.05, 0.1) is 4.87 Å². The predicted molar refractivity (Wildman–Crippen MR) is 87.0 cm³/mol. The molecule has 20 heavy (non-hydrogen) atoms. The first kappa shape index (κ1) is 16.3. The third-order valence-electron chi connectivity index (χ3n) is 4.64. The molecule has 0 aliphatic carbocycles. The third kappa shape index (κ3) is 3.23. The molecule has 2 rings (SSSR count). The van der Waals surface area contributed by atoms with Crippen molar-refractivity contribution in [3.05, 3.63) is 0 Å². The molecule has 0 radical (unpaired) electrons. The van der Waals surface area contributed by atoms with Crippen molar-refractivity contribution in [1.82, 2.24) is 9.80 Å². The second-order valence-corrected chi connectivity index (χ2v) is 9.57. The summed E-state index contributed by atoms with van der Waals surface area (Å²) in [4.78, 5) is 17.2. The molecule has 2 fully saturated rings. The summed E-state index contributed by atoms with van der Waals surface area (Å²) in [5.41, 5.74) is 0.370. The highest BCUT2D eigenvalue weighted by atomic mass is 32.2. The van der Waals surface area contributed by atoms with Crippen molar-refractivity contribution < 1.29 is 4.79 Å². The smallest absolute Gasteiger partial charge is 0.192 e. The summed E-state index contributed by atoms with van der Waals surface area (Å²) in [6.07, 6.45) is 2.89. The second-order valence-electron chi connectivity index (χ2n) is 8.15. The lowest BCUT2D eigenvalue weighted by atomic mass is 9.92. The summed E-state index contributed by atoms with van der Waals surface area (Å²) in [6, 6.07) is 0. The van der Waals surface area contributed by atoms with Gasteiger partial charge in [0, 0.05) is 37.1 Å². The normalized spacial score (nSPS) is 26.2. The minimum atomic E-state index is 0.0370. The Morgan fingerprint density at radius 1 is 0.950 bits per heavy atom. The van der Waals surface area contributed by atoms with Crippen molar-refractivity contribution in [2.75, 3.05) is 19.6 Å². The molecule has 0 aromatic rings. The number of carbonyl (C=O) groups is 1. The van der Waals surface area contributed by atoms with Crippen LogP contribution in [-0.2, 0) is 4.79 Å². The van der Waals surface area contributed by atoms with E-state index in [1.54, 1.807) is 11.8 Å². The minimum absolute atomic E-state index is 0.0370. The lowest BCUT2D eigenvalue weighted by molar-refractivity contribution is -0.114. The maximum Gasteiger partial charge on any atom is 0.192 e. The molecule has 0 aromatic heterocycles. The van der Waals surface area contributed by atoms with Crippen LogP contribution < -0.4 is 0 Å². The maximum atomic E-state index is 12.0. The fraction of sp³-hybridized carbons (Fsp3) is 0.938. The quantitative estimate of drug-likeness (QED) is 0.684. The van der Waals surface area contributed by atoms with Crippen LogP contribution in [-0.4, -0.2) is 50.5 Å². The van der Waals surface area contributed by atoms with Gasteiger partial charge in [0.1, 0.15) is 0 Å². The fourth-order valence-electron chi connectivity index (χ4n) is 3.57. The Hall–Kier alpha value is -0.0600. The number of hydrogen-bond donors (Lipinski definition) is 0. The van der Waals surface area contributed by atoms with E-state index in [9.17, 15) is 4.79 Å². The number of carbonyl (C=O) groups excluding carboxylic acids is 1. The topological polar surface area (TPSA) is 23.6 Å². The average Bonchev–Trinajstić information content (AvgIpc) is 2.26. The van der Waals surface area contributed by atoms with Gasteiger partial charge >= 0.3 is 0 Å². The first-order chi connectivity index (χ1) is 9.05. The number of nitrogens with zero attached hydrogens (tertiary/aromatic N) is 2. The molecule has 0 N–H and O–H groups in total. The van der Waals surface area contributed by atoms with Crippen LogP contribution in [0.4, 0.5) is 0 Å². The molecule has 0 amide bonds. The van der Waals surface area contributed by atoms with Gasteiger partial charge in [-0.3, -0.25) is 14.6 Å². The Balaban J connectivity index is 2.17. The molecule has 0 aromatic carbocycles. The molecule has 1 spiro atoms. The molecule has 4 heteroatoms. The summed E-state index contributed by atoms with van der Waals surface area (Å²) in [5, 5.41) is 0.384. The van der Waals surface area contributed by atoms with Crippen LogP contribution in [0.2, 0.25) is 0 Å². The zero-order valence-corrected chi connectivity index (χ0v) is 14.8. The minimum Gasteiger partial charge on any atom is -0.298 e. The van der Waals surface area contributed by atoms with Gasteiger partial charge in [0.2, 0.25) is 0 Å². The van der Waals surface area contributed by atoms with E-state index in [0.29, 0.717) is 11.5 Å². The second kappa shape index (κ2) is 5.29. The number of likely N-dealkylation sites (tertiary alicyclic amines) is 1. The summed E-state index contributed by atoms with van der Waals surface area (Å²) < 4.78 is 0. The van der Waals surface area contributed by atoms with Gasteiger partial charge < -0.3 is 0 Å². The van der Waals surface area contributed by atoms with E-state index < -0.39 is 0 Å². The van der Waals surface area contributed by atoms with Crippen LogP contribution in [0, 0.1) is 0 Å². The van der Waals surface area contributed by atoms with Crippen molar-refractivity contribution in [3.63, 3.8) is 0 Å². The van der Waals surface area contributed by atoms with Crippen molar-refractivity contribution in [2.45, 2.75) is 76.8 Å². The molecule has 0 atom stereocenters. The van der Waals surface area contributed by atoms with Gasteiger partial charge in [-0.25, -0.2) is 0 Å². The van der Waals surface area contributed by atoms with Gasteiger partial charge in [0.15, 0.2) is 5.12 Å². The van der Waals surface area contributed by atoms with E-state index >= 15 is 0 Å². The van der Waals surface area contributed by atoms with E-state index in [-0.39, 0.29) is 15.9 Å². The van der Waals surface area contributed by atoms with E-state index in [4.69, 9.17) is 0 Å². The van der Waals surface area contributed by atoms with Crippen LogP contribution >= 0.6 is 11.8 Å². The SMILES string of the molecule is CC(C)(C)N1CCC2(CC1)SC(=O)CCN2C(C)(C)C. The zero-order chi connectivity index (χ0) is 15.2. The van der Waals surface area contributed by atoms with Crippen molar-refractivity contribution in [3.8, 4) is 0 Å². The standard InChI is InChI=1S/C16H30N2OS/c1-14(2,3)17-11-8-16(9-12-17)18(15(4,5)6)10-7-13(19)20-16/h7-12H2,1-6H3. The van der Waals surface area contributed by atoms with E-state index in [2.05, 4.69) is 51.3 Å². The average molecular weight is 298 g/mol. The highest BCUT2D eigenvalue weighted by Gasteiger charge is 2.49. The lowest BCUT2D eigenvalue weighted by Gasteiger charge is -2.56. The predicted octanol–water partition coefficient (Wildman–Crippen LogP) is 3.34. The van der Waals surface area contributed by atoms with Crippen LogP contribution in [0.5, 0.6) is 0 Å². The van der Waals surface area contributed by atoms with Gasteiger partial charge in [-0.1, -0.05) is 11.8 Å². The molecule has 0 unspecified atom stereocenters. The third-order valence-corrected chi connectivity index (χ3v) is 6.08. The molecular weight excluding hydrogens is 268 g/mol. The Labute approximate surface area is 128 Å². The van der Waals surface area contributed by atoms with Crippen LogP contribution in [0.15, 0.2) is 0 Å². The van der Waals surface area contributed by atoms with E-state index in [1.807, 2.05) is 0 Å². The number of rotatable bonds is 0.